The maximum absolute atomic E-state index is 12.6. The Morgan fingerprint density at radius 1 is 0.960 bits per heavy atom. The van der Waals surface area contributed by atoms with Gasteiger partial charge in [0.15, 0.2) is 0 Å². The minimum Gasteiger partial charge on any atom is -0.462 e. The van der Waals surface area contributed by atoms with E-state index in [1.165, 1.54) is 11.3 Å². The zero-order valence-corrected chi connectivity index (χ0v) is 14.8. The molecule has 0 bridgehead atoms. The highest BCUT2D eigenvalue weighted by molar-refractivity contribution is 7.12. The Balaban J connectivity index is 1.69. The van der Waals surface area contributed by atoms with Gasteiger partial charge < -0.3 is 4.74 Å². The maximum atomic E-state index is 12.6. The van der Waals surface area contributed by atoms with Crippen LogP contribution in [0.1, 0.15) is 31.2 Å². The van der Waals surface area contributed by atoms with Gasteiger partial charge in [-0.05, 0) is 35.2 Å². The summed E-state index contributed by atoms with van der Waals surface area (Å²) in [4.78, 5) is 25.5. The number of rotatable bonds is 6. The van der Waals surface area contributed by atoms with E-state index in [1.807, 2.05) is 29.6 Å². The number of carbonyl (C=O) groups excluding carboxylic acids is 2. The molecular weight excluding hydrogens is 356 g/mol. The van der Waals surface area contributed by atoms with Crippen molar-refractivity contribution < 1.29 is 14.3 Å². The summed E-state index contributed by atoms with van der Waals surface area (Å²) in [5.74, 6) is -0.667. The Morgan fingerprint density at radius 2 is 1.76 bits per heavy atom. The first-order valence-electron chi connectivity index (χ1n) is 7.74. The third kappa shape index (κ3) is 4.35. The lowest BCUT2D eigenvalue weighted by atomic mass is 10.0. The van der Waals surface area contributed by atoms with E-state index in [1.54, 1.807) is 36.4 Å². The second-order valence-electron chi connectivity index (χ2n) is 5.37. The van der Waals surface area contributed by atoms with Crippen LogP contribution in [0.25, 0.3) is 0 Å². The van der Waals surface area contributed by atoms with Crippen LogP contribution in [0.5, 0.6) is 0 Å². The SMILES string of the molecule is O=C(OCCc1cccc(Cl)c1)c1ccccc1C(=O)c1cccs1. The molecule has 3 nitrogen and oxygen atoms in total. The van der Waals surface area contributed by atoms with Gasteiger partial charge in [0.05, 0.1) is 17.0 Å². The number of hydrogen-bond donors (Lipinski definition) is 0. The molecule has 0 aliphatic carbocycles. The lowest BCUT2D eigenvalue weighted by molar-refractivity contribution is 0.0506. The van der Waals surface area contributed by atoms with E-state index in [0.29, 0.717) is 21.9 Å². The van der Waals surface area contributed by atoms with E-state index in [-0.39, 0.29) is 18.0 Å². The minimum atomic E-state index is -0.498. The molecule has 3 aromatic rings. The number of ether oxygens (including phenoxy) is 1. The van der Waals surface area contributed by atoms with Crippen molar-refractivity contribution in [1.29, 1.82) is 0 Å². The Kier molecular flexibility index (Phi) is 5.64. The van der Waals surface area contributed by atoms with Crippen LogP contribution in [-0.2, 0) is 11.2 Å². The van der Waals surface area contributed by atoms with Crippen LogP contribution in [-0.4, -0.2) is 18.4 Å². The third-order valence-electron chi connectivity index (χ3n) is 3.65. The summed E-state index contributed by atoms with van der Waals surface area (Å²) < 4.78 is 5.35. The van der Waals surface area contributed by atoms with Crippen molar-refractivity contribution in [3.05, 3.63) is 92.6 Å². The predicted octanol–water partition coefficient (Wildman–Crippen LogP) is 5.03. The van der Waals surface area contributed by atoms with Gasteiger partial charge in [0.1, 0.15) is 0 Å². The molecule has 0 saturated carbocycles. The summed E-state index contributed by atoms with van der Waals surface area (Å²) in [5, 5.41) is 2.48. The fourth-order valence-electron chi connectivity index (χ4n) is 2.43. The normalized spacial score (nSPS) is 10.4. The molecule has 25 heavy (non-hydrogen) atoms. The molecule has 0 saturated heterocycles. The van der Waals surface area contributed by atoms with Crippen LogP contribution in [0.3, 0.4) is 0 Å². The summed E-state index contributed by atoms with van der Waals surface area (Å²) in [6.07, 6.45) is 0.563. The first-order chi connectivity index (χ1) is 12.1. The van der Waals surface area contributed by atoms with Crippen LogP contribution in [0.15, 0.2) is 66.0 Å². The molecular formula is C20H15ClO3S. The number of ketones is 1. The van der Waals surface area contributed by atoms with Gasteiger partial charge in [-0.25, -0.2) is 4.79 Å². The second-order valence-corrected chi connectivity index (χ2v) is 6.75. The average Bonchev–Trinajstić information content (AvgIpc) is 3.16. The first kappa shape index (κ1) is 17.4. The van der Waals surface area contributed by atoms with Crippen molar-refractivity contribution in [2.24, 2.45) is 0 Å². The molecule has 0 unspecified atom stereocenters. The summed E-state index contributed by atoms with van der Waals surface area (Å²) in [6, 6.07) is 17.7. The summed E-state index contributed by atoms with van der Waals surface area (Å²) in [6.45, 7) is 0.223. The molecule has 0 amide bonds. The van der Waals surface area contributed by atoms with Gasteiger partial charge in [-0.15, -0.1) is 11.3 Å². The van der Waals surface area contributed by atoms with E-state index in [4.69, 9.17) is 16.3 Å². The van der Waals surface area contributed by atoms with Crippen molar-refractivity contribution in [3.63, 3.8) is 0 Å². The van der Waals surface area contributed by atoms with Crippen LogP contribution in [0.4, 0.5) is 0 Å². The number of hydrogen-bond acceptors (Lipinski definition) is 4. The quantitative estimate of drug-likeness (QED) is 0.451. The smallest absolute Gasteiger partial charge is 0.338 e. The Morgan fingerprint density at radius 3 is 2.48 bits per heavy atom. The summed E-state index contributed by atoms with van der Waals surface area (Å²) in [5.41, 5.74) is 1.63. The molecule has 0 N–H and O–H groups in total. The van der Waals surface area contributed by atoms with E-state index in [0.717, 1.165) is 5.56 Å². The van der Waals surface area contributed by atoms with Crippen molar-refractivity contribution in [2.75, 3.05) is 6.61 Å². The van der Waals surface area contributed by atoms with Crippen LogP contribution >= 0.6 is 22.9 Å². The van der Waals surface area contributed by atoms with Crippen molar-refractivity contribution in [2.45, 2.75) is 6.42 Å². The topological polar surface area (TPSA) is 43.4 Å². The van der Waals surface area contributed by atoms with E-state index in [9.17, 15) is 9.59 Å². The van der Waals surface area contributed by atoms with Crippen LogP contribution in [0.2, 0.25) is 5.02 Å². The molecule has 1 aromatic heterocycles. The number of esters is 1. The van der Waals surface area contributed by atoms with Crippen LogP contribution < -0.4 is 0 Å². The molecule has 0 radical (unpaired) electrons. The molecule has 3 rings (SSSR count). The average molecular weight is 371 g/mol. The number of thiophene rings is 1. The first-order valence-corrected chi connectivity index (χ1v) is 9.00. The largest absolute Gasteiger partial charge is 0.462 e. The highest BCUT2D eigenvalue weighted by Crippen LogP contribution is 2.19. The van der Waals surface area contributed by atoms with E-state index in [2.05, 4.69) is 0 Å². The highest BCUT2D eigenvalue weighted by Gasteiger charge is 2.19. The number of carbonyl (C=O) groups is 2. The molecule has 126 valence electrons. The van der Waals surface area contributed by atoms with Crippen molar-refractivity contribution in [1.82, 2.24) is 0 Å². The van der Waals surface area contributed by atoms with Gasteiger partial charge in [-0.1, -0.05) is 48.0 Å². The summed E-state index contributed by atoms with van der Waals surface area (Å²) >= 11 is 7.29. The molecule has 0 aliphatic rings. The maximum Gasteiger partial charge on any atom is 0.338 e. The molecule has 0 spiro atoms. The molecule has 0 fully saturated rings. The lowest BCUT2D eigenvalue weighted by Gasteiger charge is -2.09. The fourth-order valence-corrected chi connectivity index (χ4v) is 3.32. The van der Waals surface area contributed by atoms with Crippen LogP contribution in [0, 0.1) is 0 Å². The van der Waals surface area contributed by atoms with Gasteiger partial charge >= 0.3 is 5.97 Å². The fraction of sp³-hybridized carbons (Fsp3) is 0.100. The summed E-state index contributed by atoms with van der Waals surface area (Å²) in [7, 11) is 0. The van der Waals surface area contributed by atoms with Gasteiger partial charge in [0.25, 0.3) is 0 Å². The van der Waals surface area contributed by atoms with Gasteiger partial charge in [-0.3, -0.25) is 4.79 Å². The predicted molar refractivity (Wildman–Crippen MR) is 99.6 cm³/mol. The number of halogens is 1. The van der Waals surface area contributed by atoms with Gasteiger partial charge in [0.2, 0.25) is 5.78 Å². The molecule has 0 atom stereocenters. The standard InChI is InChI=1S/C20H15ClO3S/c21-15-6-3-5-14(13-15)10-11-24-20(23)17-8-2-1-7-16(17)19(22)18-9-4-12-25-18/h1-9,12-13H,10-11H2. The zero-order chi connectivity index (χ0) is 17.6. The van der Waals surface area contributed by atoms with E-state index >= 15 is 0 Å². The third-order valence-corrected chi connectivity index (χ3v) is 4.75. The Bertz CT molecular complexity index is 887. The Labute approximate surface area is 154 Å². The van der Waals surface area contributed by atoms with Gasteiger partial charge in [0, 0.05) is 17.0 Å². The minimum absolute atomic E-state index is 0.169. The molecule has 5 heteroatoms. The van der Waals surface area contributed by atoms with Crippen molar-refractivity contribution in [3.8, 4) is 0 Å². The molecule has 2 aromatic carbocycles. The lowest BCUT2D eigenvalue weighted by Crippen LogP contribution is -2.13. The zero-order valence-electron chi connectivity index (χ0n) is 13.3. The van der Waals surface area contributed by atoms with E-state index < -0.39 is 5.97 Å². The molecule has 0 aliphatic heterocycles. The Hall–Kier alpha value is -2.43. The molecule has 1 heterocycles. The number of benzene rings is 2. The second kappa shape index (κ2) is 8.10. The monoisotopic (exact) mass is 370 g/mol. The van der Waals surface area contributed by atoms with Crippen molar-refractivity contribution >= 4 is 34.7 Å². The van der Waals surface area contributed by atoms with Gasteiger partial charge in [-0.2, -0.15) is 0 Å². The highest BCUT2D eigenvalue weighted by atomic mass is 35.5.